The van der Waals surface area contributed by atoms with Crippen LogP contribution in [0.1, 0.15) is 64.2 Å². The van der Waals surface area contributed by atoms with Gasteiger partial charge in [-0.3, -0.25) is 14.5 Å². The van der Waals surface area contributed by atoms with Gasteiger partial charge in [0.2, 0.25) is 11.8 Å². The number of carbonyl (C=O) groups is 2. The summed E-state index contributed by atoms with van der Waals surface area (Å²) in [4.78, 5) is 27.0. The predicted octanol–water partition coefficient (Wildman–Crippen LogP) is 2.23. The lowest BCUT2D eigenvalue weighted by Crippen LogP contribution is -2.61. The molecule has 0 aromatic heterocycles. The largest absolute Gasteiger partial charge is 0.311 e. The predicted molar refractivity (Wildman–Crippen MR) is 79.5 cm³/mol. The summed E-state index contributed by atoms with van der Waals surface area (Å²) in [6, 6.07) is 0.160. The molecule has 0 radical (unpaired) electrons. The van der Waals surface area contributed by atoms with Crippen LogP contribution in [0.4, 0.5) is 0 Å². The lowest BCUT2D eigenvalue weighted by Gasteiger charge is -2.48. The van der Waals surface area contributed by atoms with Crippen LogP contribution >= 0.6 is 0 Å². The SMILES string of the molecule is O=C1C2CCC(C2)C(=O)N1C1CCNC2(CCCCC2)C1. The summed E-state index contributed by atoms with van der Waals surface area (Å²) in [5.41, 5.74) is 0.207. The minimum atomic E-state index is 0.143. The summed E-state index contributed by atoms with van der Waals surface area (Å²) in [6.07, 6.45) is 11.0. The standard InChI is InChI=1S/C17H26N2O2/c20-15-12-4-5-13(10-12)16(21)19(15)14-6-9-18-17(11-14)7-2-1-3-8-17/h12-14,18H,1-11H2. The number of hydrogen-bond acceptors (Lipinski definition) is 3. The van der Waals surface area contributed by atoms with Gasteiger partial charge in [-0.25, -0.2) is 0 Å². The monoisotopic (exact) mass is 290 g/mol. The second-order valence-corrected chi connectivity index (χ2v) is 7.67. The lowest BCUT2D eigenvalue weighted by molar-refractivity contribution is -0.157. The van der Waals surface area contributed by atoms with Crippen LogP contribution in [0.5, 0.6) is 0 Å². The highest BCUT2D eigenvalue weighted by molar-refractivity contribution is 6.01. The van der Waals surface area contributed by atoms with Crippen molar-refractivity contribution in [3.63, 3.8) is 0 Å². The highest BCUT2D eigenvalue weighted by atomic mass is 16.2. The third-order valence-corrected chi connectivity index (χ3v) is 6.39. The van der Waals surface area contributed by atoms with Crippen molar-refractivity contribution in [1.82, 2.24) is 10.2 Å². The molecule has 2 amide bonds. The van der Waals surface area contributed by atoms with Gasteiger partial charge in [-0.05, 0) is 51.5 Å². The summed E-state index contributed by atoms with van der Waals surface area (Å²) in [6.45, 7) is 0.955. The number of carbonyl (C=O) groups excluding carboxylic acids is 2. The zero-order valence-corrected chi connectivity index (χ0v) is 12.8. The molecule has 3 unspecified atom stereocenters. The van der Waals surface area contributed by atoms with Gasteiger partial charge in [-0.1, -0.05) is 19.3 Å². The Hall–Kier alpha value is -0.900. The van der Waals surface area contributed by atoms with Crippen molar-refractivity contribution < 1.29 is 9.59 Å². The number of rotatable bonds is 1. The van der Waals surface area contributed by atoms with Gasteiger partial charge in [-0.2, -0.15) is 0 Å². The van der Waals surface area contributed by atoms with Crippen LogP contribution < -0.4 is 5.32 Å². The highest BCUT2D eigenvalue weighted by Gasteiger charge is 2.49. The van der Waals surface area contributed by atoms with Gasteiger partial charge >= 0.3 is 0 Å². The van der Waals surface area contributed by atoms with Crippen LogP contribution in [0.25, 0.3) is 0 Å². The number of piperidine rings is 2. The van der Waals surface area contributed by atoms with Crippen LogP contribution in [0.2, 0.25) is 0 Å². The summed E-state index contributed by atoms with van der Waals surface area (Å²) < 4.78 is 0. The Morgan fingerprint density at radius 3 is 2.29 bits per heavy atom. The van der Waals surface area contributed by atoms with Crippen LogP contribution in [-0.2, 0) is 9.59 Å². The Morgan fingerprint density at radius 2 is 1.62 bits per heavy atom. The normalized spacial score (nSPS) is 39.0. The number of nitrogens with one attached hydrogen (secondary N) is 1. The van der Waals surface area contributed by atoms with E-state index >= 15 is 0 Å². The van der Waals surface area contributed by atoms with Crippen LogP contribution in [0.3, 0.4) is 0 Å². The Bertz CT molecular complexity index is 428. The second kappa shape index (κ2) is 5.08. The fourth-order valence-electron chi connectivity index (χ4n) is 5.25. The van der Waals surface area contributed by atoms with E-state index in [1.807, 2.05) is 0 Å². The van der Waals surface area contributed by atoms with E-state index in [-0.39, 0.29) is 35.2 Å². The van der Waals surface area contributed by atoms with Crippen molar-refractivity contribution in [3.8, 4) is 0 Å². The zero-order valence-electron chi connectivity index (χ0n) is 12.8. The molecule has 2 heterocycles. The molecule has 0 aromatic carbocycles. The van der Waals surface area contributed by atoms with Gasteiger partial charge in [0.25, 0.3) is 0 Å². The van der Waals surface area contributed by atoms with Gasteiger partial charge in [0.1, 0.15) is 0 Å². The van der Waals surface area contributed by atoms with E-state index in [0.717, 1.165) is 38.6 Å². The maximum absolute atomic E-state index is 12.6. The minimum Gasteiger partial charge on any atom is -0.311 e. The van der Waals surface area contributed by atoms with Crippen molar-refractivity contribution in [3.05, 3.63) is 0 Å². The number of nitrogens with zero attached hydrogens (tertiary/aromatic N) is 1. The lowest BCUT2D eigenvalue weighted by atomic mass is 9.74. The molecule has 4 heteroatoms. The molecule has 2 aliphatic heterocycles. The molecular formula is C17H26N2O2. The molecule has 21 heavy (non-hydrogen) atoms. The summed E-state index contributed by atoms with van der Waals surface area (Å²) in [5, 5.41) is 3.72. The molecule has 0 aromatic rings. The van der Waals surface area contributed by atoms with E-state index in [2.05, 4.69) is 5.32 Å². The van der Waals surface area contributed by atoms with Crippen molar-refractivity contribution in [2.24, 2.45) is 11.8 Å². The first-order chi connectivity index (χ1) is 10.2. The smallest absolute Gasteiger partial charge is 0.232 e. The quantitative estimate of drug-likeness (QED) is 0.753. The average Bonchev–Trinajstić information content (AvgIpc) is 2.94. The molecule has 3 atom stereocenters. The molecule has 2 saturated carbocycles. The number of hydrogen-bond donors (Lipinski definition) is 1. The molecule has 4 rings (SSSR count). The van der Waals surface area contributed by atoms with Gasteiger partial charge in [0, 0.05) is 23.4 Å². The van der Waals surface area contributed by atoms with E-state index in [9.17, 15) is 9.59 Å². The molecule has 116 valence electrons. The molecule has 4 nitrogen and oxygen atoms in total. The number of fused-ring (bicyclic) bond motifs is 2. The molecule has 2 saturated heterocycles. The highest BCUT2D eigenvalue weighted by Crippen LogP contribution is 2.42. The zero-order chi connectivity index (χ0) is 14.4. The number of amides is 2. The maximum atomic E-state index is 12.6. The fraction of sp³-hybridized carbons (Fsp3) is 0.882. The van der Waals surface area contributed by atoms with Crippen LogP contribution in [0, 0.1) is 11.8 Å². The minimum absolute atomic E-state index is 0.143. The van der Waals surface area contributed by atoms with E-state index < -0.39 is 0 Å². The molecule has 1 spiro atoms. The third-order valence-electron chi connectivity index (χ3n) is 6.39. The Morgan fingerprint density at radius 1 is 0.952 bits per heavy atom. The topological polar surface area (TPSA) is 49.4 Å². The Labute approximate surface area is 126 Å². The van der Waals surface area contributed by atoms with Gasteiger partial charge in [0.15, 0.2) is 0 Å². The van der Waals surface area contributed by atoms with Gasteiger partial charge < -0.3 is 5.32 Å². The maximum Gasteiger partial charge on any atom is 0.232 e. The average molecular weight is 290 g/mol. The summed E-state index contributed by atoms with van der Waals surface area (Å²) in [5.74, 6) is 0.577. The first kappa shape index (κ1) is 13.7. The number of imide groups is 1. The Kier molecular flexibility index (Phi) is 3.32. The number of likely N-dealkylation sites (tertiary alicyclic amines) is 1. The van der Waals surface area contributed by atoms with E-state index in [1.54, 1.807) is 4.90 Å². The van der Waals surface area contributed by atoms with Crippen LogP contribution in [0.15, 0.2) is 0 Å². The molecule has 4 fully saturated rings. The van der Waals surface area contributed by atoms with E-state index in [4.69, 9.17) is 0 Å². The molecule has 2 aliphatic carbocycles. The first-order valence-corrected chi connectivity index (χ1v) is 8.80. The van der Waals surface area contributed by atoms with Crippen molar-refractivity contribution in [2.75, 3.05) is 6.54 Å². The summed E-state index contributed by atoms with van der Waals surface area (Å²) in [7, 11) is 0. The molecular weight excluding hydrogens is 264 g/mol. The van der Waals surface area contributed by atoms with Crippen LogP contribution in [-0.4, -0.2) is 34.8 Å². The molecule has 2 bridgehead atoms. The molecule has 1 N–H and O–H groups in total. The van der Waals surface area contributed by atoms with E-state index in [0.29, 0.717) is 0 Å². The second-order valence-electron chi connectivity index (χ2n) is 7.67. The fourth-order valence-corrected chi connectivity index (χ4v) is 5.25. The van der Waals surface area contributed by atoms with Crippen molar-refractivity contribution >= 4 is 11.8 Å². The van der Waals surface area contributed by atoms with Gasteiger partial charge in [0.05, 0.1) is 0 Å². The third kappa shape index (κ3) is 2.23. The Balaban J connectivity index is 1.55. The summed E-state index contributed by atoms with van der Waals surface area (Å²) >= 11 is 0. The van der Waals surface area contributed by atoms with Gasteiger partial charge in [-0.15, -0.1) is 0 Å². The van der Waals surface area contributed by atoms with E-state index in [1.165, 1.54) is 32.1 Å². The van der Waals surface area contributed by atoms with Crippen molar-refractivity contribution in [1.29, 1.82) is 0 Å². The molecule has 4 aliphatic rings. The first-order valence-electron chi connectivity index (χ1n) is 8.80. The van der Waals surface area contributed by atoms with Crippen molar-refractivity contribution in [2.45, 2.75) is 75.8 Å².